The first-order valence-corrected chi connectivity index (χ1v) is 9.41. The zero-order valence-corrected chi connectivity index (χ0v) is 16.6. The summed E-state index contributed by atoms with van der Waals surface area (Å²) in [6.07, 6.45) is 0.351. The number of carbonyl (C=O) groups is 3. The van der Waals surface area contributed by atoms with Crippen LogP contribution < -0.4 is 5.32 Å². The van der Waals surface area contributed by atoms with Crippen molar-refractivity contribution in [1.29, 1.82) is 0 Å². The van der Waals surface area contributed by atoms with Gasteiger partial charge in [-0.3, -0.25) is 9.59 Å². The fourth-order valence-corrected chi connectivity index (χ4v) is 2.71. The molecule has 0 spiro atoms. The Labute approximate surface area is 160 Å². The molecule has 148 valence electrons. The average molecular weight is 375 g/mol. The van der Waals surface area contributed by atoms with Gasteiger partial charge in [0.1, 0.15) is 0 Å². The minimum absolute atomic E-state index is 0.114. The highest BCUT2D eigenvalue weighted by molar-refractivity contribution is 6.04. The minimum Gasteiger partial charge on any atom is -0.450 e. The van der Waals surface area contributed by atoms with Crippen molar-refractivity contribution in [3.8, 4) is 0 Å². The number of piperazine rings is 1. The SMILES string of the molecule is CCOC(=O)N1CCN(C(=O)c2ccccc2NC(=O)C(C)(C)CC)CC1. The summed E-state index contributed by atoms with van der Waals surface area (Å²) < 4.78 is 5.00. The van der Waals surface area contributed by atoms with Crippen molar-refractivity contribution in [1.82, 2.24) is 9.80 Å². The number of benzene rings is 1. The van der Waals surface area contributed by atoms with E-state index in [1.807, 2.05) is 20.8 Å². The molecule has 0 aliphatic carbocycles. The molecule has 0 radical (unpaired) electrons. The number of hydrogen-bond donors (Lipinski definition) is 1. The molecule has 7 nitrogen and oxygen atoms in total. The number of nitrogens with one attached hydrogen (secondary N) is 1. The number of hydrogen-bond acceptors (Lipinski definition) is 4. The quantitative estimate of drug-likeness (QED) is 0.858. The number of amides is 3. The Morgan fingerprint density at radius 1 is 1.04 bits per heavy atom. The lowest BCUT2D eigenvalue weighted by Gasteiger charge is -2.34. The summed E-state index contributed by atoms with van der Waals surface area (Å²) in [5.74, 6) is -0.263. The molecule has 1 aliphatic heterocycles. The first-order chi connectivity index (χ1) is 12.8. The Morgan fingerprint density at radius 2 is 1.63 bits per heavy atom. The van der Waals surface area contributed by atoms with Gasteiger partial charge in [0.05, 0.1) is 17.9 Å². The molecule has 7 heteroatoms. The Morgan fingerprint density at radius 3 is 2.22 bits per heavy atom. The first-order valence-electron chi connectivity index (χ1n) is 9.41. The van der Waals surface area contributed by atoms with Gasteiger partial charge in [-0.1, -0.05) is 32.9 Å². The molecule has 1 heterocycles. The number of rotatable bonds is 5. The van der Waals surface area contributed by atoms with E-state index >= 15 is 0 Å². The molecular formula is C20H29N3O4. The van der Waals surface area contributed by atoms with E-state index < -0.39 is 5.41 Å². The molecule has 27 heavy (non-hydrogen) atoms. The van der Waals surface area contributed by atoms with Crippen LogP contribution in [0.4, 0.5) is 10.5 Å². The maximum atomic E-state index is 13.0. The number of nitrogens with zero attached hydrogens (tertiary/aromatic N) is 2. The number of anilines is 1. The summed E-state index contributed by atoms with van der Waals surface area (Å²) in [7, 11) is 0. The van der Waals surface area contributed by atoms with Crippen LogP contribution >= 0.6 is 0 Å². The van der Waals surface area contributed by atoms with Gasteiger partial charge < -0.3 is 19.9 Å². The van der Waals surface area contributed by atoms with E-state index in [1.54, 1.807) is 41.0 Å². The van der Waals surface area contributed by atoms with Crippen LogP contribution in [0.2, 0.25) is 0 Å². The number of para-hydroxylation sites is 1. The maximum Gasteiger partial charge on any atom is 0.409 e. The normalized spacial score (nSPS) is 14.7. The predicted molar refractivity (Wildman–Crippen MR) is 104 cm³/mol. The van der Waals surface area contributed by atoms with E-state index in [4.69, 9.17) is 4.74 Å². The van der Waals surface area contributed by atoms with Gasteiger partial charge in [-0.15, -0.1) is 0 Å². The van der Waals surface area contributed by atoms with E-state index in [0.29, 0.717) is 50.5 Å². The highest BCUT2D eigenvalue weighted by Crippen LogP contribution is 2.25. The molecule has 0 atom stereocenters. The standard InChI is InChI=1S/C20H29N3O4/c1-5-20(3,4)18(25)21-16-10-8-7-9-15(16)17(24)22-11-13-23(14-12-22)19(26)27-6-2/h7-10H,5-6,11-14H2,1-4H3,(H,21,25). The van der Waals surface area contributed by atoms with Crippen LogP contribution in [0.5, 0.6) is 0 Å². The lowest BCUT2D eigenvalue weighted by atomic mass is 9.89. The molecule has 0 aromatic heterocycles. The minimum atomic E-state index is -0.512. The Balaban J connectivity index is 2.08. The summed E-state index contributed by atoms with van der Waals surface area (Å²) in [4.78, 5) is 40.6. The van der Waals surface area contributed by atoms with E-state index in [0.717, 1.165) is 0 Å². The summed E-state index contributed by atoms with van der Waals surface area (Å²) in [6.45, 7) is 9.54. The number of carbonyl (C=O) groups excluding carboxylic acids is 3. The summed E-state index contributed by atoms with van der Waals surface area (Å²) in [5.41, 5.74) is 0.464. The largest absolute Gasteiger partial charge is 0.450 e. The monoisotopic (exact) mass is 375 g/mol. The molecule has 0 unspecified atom stereocenters. The molecule has 0 saturated carbocycles. The highest BCUT2D eigenvalue weighted by atomic mass is 16.6. The van der Waals surface area contributed by atoms with Crippen LogP contribution in [0, 0.1) is 5.41 Å². The molecule has 1 aliphatic rings. The van der Waals surface area contributed by atoms with Crippen molar-refractivity contribution in [2.24, 2.45) is 5.41 Å². The molecule has 1 N–H and O–H groups in total. The van der Waals surface area contributed by atoms with Gasteiger partial charge in [-0.05, 0) is 25.5 Å². The third-order valence-electron chi connectivity index (χ3n) is 5.00. The molecular weight excluding hydrogens is 346 g/mol. The van der Waals surface area contributed by atoms with Crippen molar-refractivity contribution in [3.05, 3.63) is 29.8 Å². The van der Waals surface area contributed by atoms with Gasteiger partial charge in [-0.2, -0.15) is 0 Å². The second-order valence-electron chi connectivity index (χ2n) is 7.22. The van der Waals surface area contributed by atoms with E-state index in [9.17, 15) is 14.4 Å². The summed E-state index contributed by atoms with van der Waals surface area (Å²) in [5, 5.41) is 2.89. The van der Waals surface area contributed by atoms with Gasteiger partial charge in [-0.25, -0.2) is 4.79 Å². The Kier molecular flexibility index (Phi) is 6.82. The lowest BCUT2D eigenvalue weighted by molar-refractivity contribution is -0.124. The van der Waals surface area contributed by atoms with Crippen molar-refractivity contribution >= 4 is 23.6 Å². The van der Waals surface area contributed by atoms with Gasteiger partial charge in [0.25, 0.3) is 5.91 Å². The lowest BCUT2D eigenvalue weighted by Crippen LogP contribution is -2.50. The zero-order chi connectivity index (χ0) is 20.0. The summed E-state index contributed by atoms with van der Waals surface area (Å²) >= 11 is 0. The fourth-order valence-electron chi connectivity index (χ4n) is 2.71. The van der Waals surface area contributed by atoms with Crippen molar-refractivity contribution < 1.29 is 19.1 Å². The van der Waals surface area contributed by atoms with Gasteiger partial charge in [0.15, 0.2) is 0 Å². The summed E-state index contributed by atoms with van der Waals surface area (Å²) in [6, 6.07) is 7.03. The maximum absolute atomic E-state index is 13.0. The molecule has 3 amide bonds. The average Bonchev–Trinajstić information content (AvgIpc) is 2.68. The molecule has 2 rings (SSSR count). The molecule has 1 saturated heterocycles. The molecule has 1 aromatic carbocycles. The molecule has 1 aromatic rings. The van der Waals surface area contributed by atoms with Crippen molar-refractivity contribution in [2.75, 3.05) is 38.1 Å². The van der Waals surface area contributed by atoms with Crippen LogP contribution in [-0.2, 0) is 9.53 Å². The zero-order valence-electron chi connectivity index (χ0n) is 16.6. The van der Waals surface area contributed by atoms with Crippen molar-refractivity contribution in [3.63, 3.8) is 0 Å². The van der Waals surface area contributed by atoms with Crippen LogP contribution in [0.1, 0.15) is 44.5 Å². The second-order valence-corrected chi connectivity index (χ2v) is 7.22. The predicted octanol–water partition coefficient (Wildman–Crippen LogP) is 2.98. The van der Waals surface area contributed by atoms with Gasteiger partial charge in [0, 0.05) is 31.6 Å². The van der Waals surface area contributed by atoms with Crippen molar-refractivity contribution in [2.45, 2.75) is 34.1 Å². The van der Waals surface area contributed by atoms with E-state index in [2.05, 4.69) is 5.32 Å². The Bertz CT molecular complexity index is 694. The van der Waals surface area contributed by atoms with Crippen LogP contribution in [-0.4, -0.2) is 60.5 Å². The molecule has 0 bridgehead atoms. The van der Waals surface area contributed by atoms with Gasteiger partial charge >= 0.3 is 6.09 Å². The van der Waals surface area contributed by atoms with E-state index in [1.165, 1.54) is 0 Å². The highest BCUT2D eigenvalue weighted by Gasteiger charge is 2.29. The third kappa shape index (κ3) is 4.99. The van der Waals surface area contributed by atoms with Gasteiger partial charge in [0.2, 0.25) is 5.91 Å². The second kappa shape index (κ2) is 8.88. The number of ether oxygens (including phenoxy) is 1. The Hall–Kier alpha value is -2.57. The van der Waals surface area contributed by atoms with Crippen LogP contribution in [0.25, 0.3) is 0 Å². The third-order valence-corrected chi connectivity index (χ3v) is 5.00. The topological polar surface area (TPSA) is 79.0 Å². The first kappa shape index (κ1) is 20.7. The van der Waals surface area contributed by atoms with E-state index in [-0.39, 0.29) is 17.9 Å². The van der Waals surface area contributed by atoms with Crippen LogP contribution in [0.3, 0.4) is 0 Å². The van der Waals surface area contributed by atoms with Crippen LogP contribution in [0.15, 0.2) is 24.3 Å². The molecule has 1 fully saturated rings. The smallest absolute Gasteiger partial charge is 0.409 e. The fraction of sp³-hybridized carbons (Fsp3) is 0.550.